The second-order valence-corrected chi connectivity index (χ2v) is 3.72. The van der Waals surface area contributed by atoms with E-state index >= 15 is 0 Å². The van der Waals surface area contributed by atoms with Gasteiger partial charge in [0.15, 0.2) is 5.78 Å². The predicted octanol–water partition coefficient (Wildman–Crippen LogP) is 0.962. The average Bonchev–Trinajstić information content (AvgIpc) is 2.67. The number of Topliss-reactive ketones (excluding diaryl/α,β-unsaturated/α-hetero) is 1. The molecule has 0 radical (unpaired) electrons. The van der Waals surface area contributed by atoms with Crippen LogP contribution >= 0.6 is 0 Å². The van der Waals surface area contributed by atoms with Gasteiger partial charge in [0.1, 0.15) is 5.82 Å². The van der Waals surface area contributed by atoms with Gasteiger partial charge < -0.3 is 5.73 Å². The average molecular weight is 234 g/mol. The first kappa shape index (κ1) is 11.3. The fourth-order valence-corrected chi connectivity index (χ4v) is 1.51. The quantitative estimate of drug-likeness (QED) is 0.634. The number of nitrogen functional groups attached to an aromatic ring is 1. The van der Waals surface area contributed by atoms with E-state index in [1.807, 2.05) is 0 Å². The molecule has 0 aliphatic rings. The van der Waals surface area contributed by atoms with Crippen LogP contribution in [0.4, 0.5) is 10.1 Å². The van der Waals surface area contributed by atoms with Gasteiger partial charge in [0.25, 0.3) is 0 Å². The minimum absolute atomic E-state index is 0.0570. The first-order valence-corrected chi connectivity index (χ1v) is 4.99. The van der Waals surface area contributed by atoms with E-state index in [1.54, 1.807) is 13.2 Å². The van der Waals surface area contributed by atoms with E-state index in [9.17, 15) is 9.18 Å². The summed E-state index contributed by atoms with van der Waals surface area (Å²) in [7, 11) is 1.71. The van der Waals surface area contributed by atoms with Gasteiger partial charge in [-0.1, -0.05) is 5.21 Å². The molecular formula is C11H11FN4O. The van der Waals surface area contributed by atoms with Crippen LogP contribution in [0.5, 0.6) is 0 Å². The van der Waals surface area contributed by atoms with Crippen LogP contribution in [0.15, 0.2) is 24.4 Å². The lowest BCUT2D eigenvalue weighted by Crippen LogP contribution is -2.07. The lowest BCUT2D eigenvalue weighted by molar-refractivity contribution is 0.0992. The Hall–Kier alpha value is -2.24. The Balaban J connectivity index is 2.22. The third kappa shape index (κ3) is 2.47. The molecule has 0 unspecified atom stereocenters. The number of benzene rings is 1. The van der Waals surface area contributed by atoms with Crippen molar-refractivity contribution in [2.45, 2.75) is 6.42 Å². The van der Waals surface area contributed by atoms with Crippen molar-refractivity contribution in [1.29, 1.82) is 0 Å². The van der Waals surface area contributed by atoms with E-state index in [2.05, 4.69) is 10.3 Å². The van der Waals surface area contributed by atoms with Gasteiger partial charge in [0, 0.05) is 24.5 Å². The number of anilines is 1. The molecule has 0 saturated heterocycles. The molecule has 0 aliphatic carbocycles. The van der Waals surface area contributed by atoms with Crippen LogP contribution in [0.2, 0.25) is 0 Å². The zero-order valence-corrected chi connectivity index (χ0v) is 9.22. The van der Waals surface area contributed by atoms with Crippen molar-refractivity contribution in [2.75, 3.05) is 5.73 Å². The Morgan fingerprint density at radius 2 is 2.29 bits per heavy atom. The number of nitrogens with two attached hydrogens (primary N) is 1. The van der Waals surface area contributed by atoms with Crippen LogP contribution in [0.3, 0.4) is 0 Å². The van der Waals surface area contributed by atoms with Crippen LogP contribution in [0.25, 0.3) is 0 Å². The number of nitrogens with zero attached hydrogens (tertiary/aromatic N) is 3. The minimum atomic E-state index is -0.485. The van der Waals surface area contributed by atoms with Crippen LogP contribution in [-0.2, 0) is 13.5 Å². The molecule has 88 valence electrons. The second kappa shape index (κ2) is 4.32. The molecule has 2 rings (SSSR count). The van der Waals surface area contributed by atoms with Crippen molar-refractivity contribution in [1.82, 2.24) is 15.0 Å². The van der Waals surface area contributed by atoms with Crippen molar-refractivity contribution in [3.05, 3.63) is 41.5 Å². The number of halogens is 1. The van der Waals surface area contributed by atoms with Gasteiger partial charge in [-0.2, -0.15) is 0 Å². The number of hydrogen-bond acceptors (Lipinski definition) is 4. The monoisotopic (exact) mass is 234 g/mol. The van der Waals surface area contributed by atoms with Gasteiger partial charge in [-0.25, -0.2) is 4.39 Å². The number of carbonyl (C=O) groups excluding carboxylic acids is 1. The summed E-state index contributed by atoms with van der Waals surface area (Å²) in [4.78, 5) is 11.9. The predicted molar refractivity (Wildman–Crippen MR) is 59.8 cm³/mol. The number of carbonyl (C=O) groups is 1. The Kier molecular flexibility index (Phi) is 2.86. The molecule has 0 atom stereocenters. The molecule has 17 heavy (non-hydrogen) atoms. The highest BCUT2D eigenvalue weighted by Crippen LogP contribution is 2.15. The van der Waals surface area contributed by atoms with Gasteiger partial charge in [0.05, 0.1) is 12.1 Å². The highest BCUT2D eigenvalue weighted by Gasteiger charge is 2.13. The maximum absolute atomic E-state index is 13.0. The first-order valence-electron chi connectivity index (χ1n) is 4.99. The SMILES string of the molecule is Cn1cc(CC(=O)c2cc(F)ccc2N)nn1. The van der Waals surface area contributed by atoms with E-state index in [4.69, 9.17) is 5.73 Å². The molecule has 0 spiro atoms. The van der Waals surface area contributed by atoms with Crippen LogP contribution in [0, 0.1) is 5.82 Å². The third-order valence-corrected chi connectivity index (χ3v) is 2.31. The van der Waals surface area contributed by atoms with Crippen molar-refractivity contribution >= 4 is 11.5 Å². The summed E-state index contributed by atoms with van der Waals surface area (Å²) in [6.45, 7) is 0. The molecule has 6 heteroatoms. The lowest BCUT2D eigenvalue weighted by Gasteiger charge is -2.03. The highest BCUT2D eigenvalue weighted by atomic mass is 19.1. The molecule has 2 N–H and O–H groups in total. The summed E-state index contributed by atoms with van der Waals surface area (Å²) in [5.41, 5.74) is 6.59. The highest BCUT2D eigenvalue weighted by molar-refractivity contribution is 6.01. The van der Waals surface area contributed by atoms with E-state index in [0.29, 0.717) is 5.69 Å². The normalized spacial score (nSPS) is 10.5. The number of hydrogen-bond donors (Lipinski definition) is 1. The number of rotatable bonds is 3. The van der Waals surface area contributed by atoms with E-state index < -0.39 is 5.82 Å². The maximum atomic E-state index is 13.0. The largest absolute Gasteiger partial charge is 0.398 e. The van der Waals surface area contributed by atoms with E-state index in [0.717, 1.165) is 6.07 Å². The topological polar surface area (TPSA) is 73.8 Å². The molecule has 1 aromatic heterocycles. The Morgan fingerprint density at radius 1 is 1.53 bits per heavy atom. The molecule has 2 aromatic rings. The molecule has 0 amide bonds. The van der Waals surface area contributed by atoms with Crippen molar-refractivity contribution in [3.8, 4) is 0 Å². The smallest absolute Gasteiger partial charge is 0.171 e. The summed E-state index contributed by atoms with van der Waals surface area (Å²) >= 11 is 0. The van der Waals surface area contributed by atoms with E-state index in [1.165, 1.54) is 16.8 Å². The summed E-state index contributed by atoms with van der Waals surface area (Å²) in [5.74, 6) is -0.760. The van der Waals surface area contributed by atoms with E-state index in [-0.39, 0.29) is 23.5 Å². The minimum Gasteiger partial charge on any atom is -0.398 e. The standard InChI is InChI=1S/C11H11FN4O/c1-16-6-8(14-15-16)5-11(17)9-4-7(12)2-3-10(9)13/h2-4,6H,5,13H2,1H3. The summed E-state index contributed by atoms with van der Waals surface area (Å²) in [6, 6.07) is 3.72. The molecule has 0 bridgehead atoms. The zero-order valence-electron chi connectivity index (χ0n) is 9.22. The second-order valence-electron chi connectivity index (χ2n) is 3.72. The fourth-order valence-electron chi connectivity index (χ4n) is 1.51. The Morgan fingerprint density at radius 3 is 2.94 bits per heavy atom. The zero-order chi connectivity index (χ0) is 12.4. The molecule has 0 saturated carbocycles. The molecule has 5 nitrogen and oxygen atoms in total. The lowest BCUT2D eigenvalue weighted by atomic mass is 10.0. The van der Waals surface area contributed by atoms with Crippen LogP contribution in [0.1, 0.15) is 16.1 Å². The van der Waals surface area contributed by atoms with Crippen LogP contribution < -0.4 is 5.73 Å². The van der Waals surface area contributed by atoms with Gasteiger partial charge in [0.2, 0.25) is 0 Å². The molecular weight excluding hydrogens is 223 g/mol. The van der Waals surface area contributed by atoms with Crippen molar-refractivity contribution in [2.24, 2.45) is 7.05 Å². The number of ketones is 1. The summed E-state index contributed by atoms with van der Waals surface area (Å²) < 4.78 is 14.5. The fraction of sp³-hybridized carbons (Fsp3) is 0.182. The van der Waals surface area contributed by atoms with Gasteiger partial charge in [-0.15, -0.1) is 5.10 Å². The molecule has 0 fully saturated rings. The summed E-state index contributed by atoms with van der Waals surface area (Å²) in [6.07, 6.45) is 1.69. The molecule has 1 heterocycles. The summed E-state index contributed by atoms with van der Waals surface area (Å²) in [5, 5.41) is 7.50. The Labute approximate surface area is 97.0 Å². The number of aromatic nitrogens is 3. The van der Waals surface area contributed by atoms with Crippen molar-refractivity contribution in [3.63, 3.8) is 0 Å². The van der Waals surface area contributed by atoms with Gasteiger partial charge >= 0.3 is 0 Å². The van der Waals surface area contributed by atoms with Crippen molar-refractivity contribution < 1.29 is 9.18 Å². The first-order chi connectivity index (χ1) is 8.06. The maximum Gasteiger partial charge on any atom is 0.171 e. The molecule has 1 aromatic carbocycles. The number of aryl methyl sites for hydroxylation is 1. The molecule has 0 aliphatic heterocycles. The third-order valence-electron chi connectivity index (χ3n) is 2.31. The van der Waals surface area contributed by atoms with Crippen LogP contribution in [-0.4, -0.2) is 20.8 Å². The van der Waals surface area contributed by atoms with Gasteiger partial charge in [-0.3, -0.25) is 9.48 Å². The Bertz CT molecular complexity index is 564. The van der Waals surface area contributed by atoms with Gasteiger partial charge in [-0.05, 0) is 18.2 Å².